The second-order valence-corrected chi connectivity index (χ2v) is 9.04. The highest BCUT2D eigenvalue weighted by atomic mass is 35.5. The van der Waals surface area contributed by atoms with Gasteiger partial charge in [0.05, 0.1) is 5.69 Å². The first-order chi connectivity index (χ1) is 16.5. The van der Waals surface area contributed by atoms with Crippen LogP contribution >= 0.6 is 11.6 Å². The largest absolute Gasteiger partial charge is 0.356 e. The number of amides is 1. The maximum absolute atomic E-state index is 13.2. The molecule has 5 rings (SSSR count). The van der Waals surface area contributed by atoms with Gasteiger partial charge in [-0.15, -0.1) is 0 Å². The summed E-state index contributed by atoms with van der Waals surface area (Å²) in [6.07, 6.45) is 1.47. The van der Waals surface area contributed by atoms with Crippen LogP contribution in [-0.4, -0.2) is 33.6 Å². The van der Waals surface area contributed by atoms with Gasteiger partial charge in [-0.3, -0.25) is 4.79 Å². The van der Waals surface area contributed by atoms with E-state index >= 15 is 0 Å². The Labute approximate surface area is 202 Å². The third kappa shape index (κ3) is 4.61. The highest BCUT2D eigenvalue weighted by Crippen LogP contribution is 2.27. The first-order valence-corrected chi connectivity index (χ1v) is 11.7. The van der Waals surface area contributed by atoms with Gasteiger partial charge in [-0.1, -0.05) is 48.0 Å². The van der Waals surface area contributed by atoms with E-state index in [1.807, 2.05) is 53.9 Å². The number of carbonyl (C=O) groups excluding carboxylic acids is 1. The number of carbonyl (C=O) groups is 1. The number of hydrogen-bond donors (Lipinski definition) is 1. The molecular formula is C26H25ClFN5O. The summed E-state index contributed by atoms with van der Waals surface area (Å²) in [4.78, 5) is 19.7. The van der Waals surface area contributed by atoms with Gasteiger partial charge in [-0.25, -0.2) is 9.37 Å². The minimum absolute atomic E-state index is 0.00144. The second-order valence-electron chi connectivity index (χ2n) is 8.64. The number of nitrogens with one attached hydrogen (secondary N) is 1. The van der Waals surface area contributed by atoms with Crippen LogP contribution in [-0.2, 0) is 11.3 Å². The van der Waals surface area contributed by atoms with Crippen molar-refractivity contribution in [1.29, 1.82) is 0 Å². The van der Waals surface area contributed by atoms with E-state index in [2.05, 4.69) is 15.2 Å². The first-order valence-electron chi connectivity index (χ1n) is 11.4. The number of nitrogens with zero attached hydrogens (tertiary/aromatic N) is 4. The van der Waals surface area contributed by atoms with Crippen molar-refractivity contribution < 1.29 is 9.18 Å². The number of benzene rings is 2. The quantitative estimate of drug-likeness (QED) is 0.438. The third-order valence-electron chi connectivity index (χ3n) is 6.26. The van der Waals surface area contributed by atoms with E-state index in [1.165, 1.54) is 12.1 Å². The van der Waals surface area contributed by atoms with Gasteiger partial charge in [0, 0.05) is 54.0 Å². The van der Waals surface area contributed by atoms with Crippen molar-refractivity contribution in [2.24, 2.45) is 5.92 Å². The van der Waals surface area contributed by atoms with Crippen LogP contribution in [0.5, 0.6) is 0 Å². The van der Waals surface area contributed by atoms with E-state index in [0.29, 0.717) is 10.6 Å². The number of aryl methyl sites for hydroxylation is 1. The second kappa shape index (κ2) is 9.43. The summed E-state index contributed by atoms with van der Waals surface area (Å²) in [5.74, 6) is 0.524. The van der Waals surface area contributed by atoms with Crippen molar-refractivity contribution >= 4 is 29.0 Å². The summed E-state index contributed by atoms with van der Waals surface area (Å²) < 4.78 is 15.1. The predicted octanol–water partition coefficient (Wildman–Crippen LogP) is 5.03. The maximum Gasteiger partial charge on any atom is 0.223 e. The molecule has 34 heavy (non-hydrogen) atoms. The van der Waals surface area contributed by atoms with Gasteiger partial charge in [-0.2, -0.15) is 9.61 Å². The summed E-state index contributed by atoms with van der Waals surface area (Å²) >= 11 is 6.08. The van der Waals surface area contributed by atoms with Crippen LogP contribution in [0.2, 0.25) is 5.02 Å². The van der Waals surface area contributed by atoms with Crippen molar-refractivity contribution in [2.45, 2.75) is 26.3 Å². The molecule has 1 amide bonds. The molecule has 1 fully saturated rings. The smallest absolute Gasteiger partial charge is 0.223 e. The molecule has 8 heteroatoms. The van der Waals surface area contributed by atoms with E-state index in [9.17, 15) is 9.18 Å². The number of halogens is 2. The fourth-order valence-corrected chi connectivity index (χ4v) is 4.65. The number of anilines is 1. The van der Waals surface area contributed by atoms with Gasteiger partial charge in [0.1, 0.15) is 11.6 Å². The summed E-state index contributed by atoms with van der Waals surface area (Å²) in [5.41, 5.74) is 4.38. The molecule has 0 spiro atoms. The number of piperidine rings is 1. The average Bonchev–Trinajstić information content (AvgIpc) is 3.27. The molecule has 0 saturated carbocycles. The molecule has 2 aromatic heterocycles. The average molecular weight is 478 g/mol. The van der Waals surface area contributed by atoms with Gasteiger partial charge in [-0.05, 0) is 37.5 Å². The molecule has 1 aliphatic rings. The van der Waals surface area contributed by atoms with Gasteiger partial charge >= 0.3 is 0 Å². The zero-order valence-electron chi connectivity index (χ0n) is 18.8. The van der Waals surface area contributed by atoms with Crippen LogP contribution in [0.25, 0.3) is 16.9 Å². The molecule has 4 aromatic rings. The molecule has 3 heterocycles. The first kappa shape index (κ1) is 22.3. The van der Waals surface area contributed by atoms with E-state index < -0.39 is 0 Å². The molecule has 0 aliphatic carbocycles. The Bertz CT molecular complexity index is 1330. The molecule has 6 nitrogen and oxygen atoms in total. The van der Waals surface area contributed by atoms with E-state index in [4.69, 9.17) is 16.7 Å². The monoisotopic (exact) mass is 477 g/mol. The molecule has 0 radical (unpaired) electrons. The molecule has 2 aromatic carbocycles. The van der Waals surface area contributed by atoms with E-state index in [0.717, 1.165) is 54.3 Å². The lowest BCUT2D eigenvalue weighted by atomic mass is 9.95. The minimum atomic E-state index is -0.388. The summed E-state index contributed by atoms with van der Waals surface area (Å²) in [6.45, 7) is 3.76. The molecule has 0 bridgehead atoms. The minimum Gasteiger partial charge on any atom is -0.356 e. The Hall–Kier alpha value is -3.45. The lowest BCUT2D eigenvalue weighted by Gasteiger charge is -2.33. The van der Waals surface area contributed by atoms with Crippen molar-refractivity contribution in [3.05, 3.63) is 82.8 Å². The lowest BCUT2D eigenvalue weighted by Crippen LogP contribution is -2.41. The Morgan fingerprint density at radius 1 is 1.12 bits per heavy atom. The highest BCUT2D eigenvalue weighted by molar-refractivity contribution is 6.31. The lowest BCUT2D eigenvalue weighted by molar-refractivity contribution is -0.125. The van der Waals surface area contributed by atoms with Crippen molar-refractivity contribution in [1.82, 2.24) is 19.9 Å². The Morgan fingerprint density at radius 3 is 2.62 bits per heavy atom. The summed E-state index contributed by atoms with van der Waals surface area (Å²) in [5, 5.41) is 8.10. The maximum atomic E-state index is 13.2. The van der Waals surface area contributed by atoms with Crippen molar-refractivity contribution in [3.8, 4) is 11.3 Å². The normalized spacial score (nSPS) is 14.5. The number of fused-ring (bicyclic) bond motifs is 1. The topological polar surface area (TPSA) is 62.5 Å². The molecule has 1 aliphatic heterocycles. The van der Waals surface area contributed by atoms with E-state index in [-0.39, 0.29) is 24.2 Å². The molecule has 0 atom stereocenters. The number of rotatable bonds is 5. The number of aromatic nitrogens is 3. The molecule has 1 N–H and O–H groups in total. The predicted molar refractivity (Wildman–Crippen MR) is 131 cm³/mol. The SMILES string of the molecule is Cc1cc(N2CCC(C(=O)NCc3ccc(F)cc3Cl)CC2)n2nc(-c3ccccc3)cc2n1. The molecular weight excluding hydrogens is 453 g/mol. The van der Waals surface area contributed by atoms with Crippen molar-refractivity contribution in [2.75, 3.05) is 18.0 Å². The van der Waals surface area contributed by atoms with Crippen LogP contribution in [0.4, 0.5) is 10.2 Å². The van der Waals surface area contributed by atoms with Crippen LogP contribution in [0.3, 0.4) is 0 Å². The van der Waals surface area contributed by atoms with Crippen molar-refractivity contribution in [3.63, 3.8) is 0 Å². The zero-order valence-corrected chi connectivity index (χ0v) is 19.6. The Balaban J connectivity index is 1.27. The Morgan fingerprint density at radius 2 is 1.88 bits per heavy atom. The summed E-state index contributed by atoms with van der Waals surface area (Å²) in [6, 6.07) is 18.3. The van der Waals surface area contributed by atoms with Gasteiger partial charge < -0.3 is 10.2 Å². The fourth-order valence-electron chi connectivity index (χ4n) is 4.42. The third-order valence-corrected chi connectivity index (χ3v) is 6.62. The van der Waals surface area contributed by atoms with Crippen LogP contribution in [0.15, 0.2) is 60.7 Å². The van der Waals surface area contributed by atoms with E-state index in [1.54, 1.807) is 6.07 Å². The van der Waals surface area contributed by atoms with Crippen LogP contribution < -0.4 is 10.2 Å². The van der Waals surface area contributed by atoms with Gasteiger partial charge in [0.15, 0.2) is 5.65 Å². The molecule has 1 saturated heterocycles. The fraction of sp³-hybridized carbons (Fsp3) is 0.269. The molecule has 0 unspecified atom stereocenters. The van der Waals surface area contributed by atoms with Gasteiger partial charge in [0.25, 0.3) is 0 Å². The highest BCUT2D eigenvalue weighted by Gasteiger charge is 2.26. The zero-order chi connectivity index (χ0) is 23.7. The van der Waals surface area contributed by atoms with Gasteiger partial charge in [0.2, 0.25) is 5.91 Å². The van der Waals surface area contributed by atoms with Crippen LogP contribution in [0, 0.1) is 18.7 Å². The Kier molecular flexibility index (Phi) is 6.20. The standard InChI is InChI=1S/C26H25ClFN5O/c1-17-13-25(33-24(30-17)15-23(31-33)18-5-3-2-4-6-18)32-11-9-19(10-12-32)26(34)29-16-20-7-8-21(28)14-22(20)27/h2-8,13-15,19H,9-12,16H2,1H3,(H,29,34). The summed E-state index contributed by atoms with van der Waals surface area (Å²) in [7, 11) is 0. The van der Waals surface area contributed by atoms with Crippen LogP contribution in [0.1, 0.15) is 24.1 Å². The molecule has 174 valence electrons. The number of hydrogen-bond acceptors (Lipinski definition) is 4.